The molecule has 0 aliphatic rings. The summed E-state index contributed by atoms with van der Waals surface area (Å²) in [6, 6.07) is 3.28. The van der Waals surface area contributed by atoms with Crippen molar-refractivity contribution in [3.05, 3.63) is 34.9 Å². The first-order valence-electron chi connectivity index (χ1n) is 13.7. The lowest BCUT2D eigenvalue weighted by atomic mass is 9.91. The van der Waals surface area contributed by atoms with Crippen LogP contribution in [0.1, 0.15) is 91.0 Å². The smallest absolute Gasteiger partial charge is 0.408 e. The van der Waals surface area contributed by atoms with Gasteiger partial charge in [-0.2, -0.15) is 0 Å². The summed E-state index contributed by atoms with van der Waals surface area (Å²) in [6.45, 7) is 18.6. The van der Waals surface area contributed by atoms with Gasteiger partial charge in [0.25, 0.3) is 0 Å². The zero-order chi connectivity index (χ0) is 30.1. The van der Waals surface area contributed by atoms with Gasteiger partial charge < -0.3 is 25.0 Å². The van der Waals surface area contributed by atoms with Gasteiger partial charge in [-0.05, 0) is 82.9 Å². The lowest BCUT2D eigenvalue weighted by Crippen LogP contribution is -2.57. The van der Waals surface area contributed by atoms with Crippen molar-refractivity contribution in [1.29, 1.82) is 0 Å². The van der Waals surface area contributed by atoms with Gasteiger partial charge in [0.1, 0.15) is 24.2 Å². The van der Waals surface area contributed by atoms with E-state index >= 15 is 0 Å². The molecular formula is C30H49N3O6. The third kappa shape index (κ3) is 10.5. The number of esters is 1. The molecule has 0 saturated carbocycles. The predicted molar refractivity (Wildman–Crippen MR) is 152 cm³/mol. The number of benzene rings is 1. The lowest BCUT2D eigenvalue weighted by Gasteiger charge is -2.40. The van der Waals surface area contributed by atoms with Gasteiger partial charge in [0.15, 0.2) is 0 Å². The van der Waals surface area contributed by atoms with Gasteiger partial charge in [0.05, 0.1) is 7.11 Å². The molecule has 1 aromatic rings. The average Bonchev–Trinajstić information content (AvgIpc) is 2.82. The molecule has 0 bridgehead atoms. The molecule has 3 amide bonds. The zero-order valence-corrected chi connectivity index (χ0v) is 25.6. The van der Waals surface area contributed by atoms with Crippen LogP contribution in [-0.4, -0.2) is 60.1 Å². The molecule has 0 radical (unpaired) electrons. The van der Waals surface area contributed by atoms with Crippen molar-refractivity contribution in [2.45, 2.75) is 106 Å². The summed E-state index contributed by atoms with van der Waals surface area (Å²) in [7, 11) is 1.25. The molecule has 9 heteroatoms. The highest BCUT2D eigenvalue weighted by molar-refractivity contribution is 5.93. The highest BCUT2D eigenvalue weighted by atomic mass is 16.6. The second kappa shape index (κ2) is 14.9. The third-order valence-corrected chi connectivity index (χ3v) is 6.60. The Labute approximate surface area is 234 Å². The number of carbonyl (C=O) groups is 4. The summed E-state index contributed by atoms with van der Waals surface area (Å²) >= 11 is 0. The van der Waals surface area contributed by atoms with E-state index in [4.69, 9.17) is 9.47 Å². The molecule has 3 unspecified atom stereocenters. The lowest BCUT2D eigenvalue weighted by molar-refractivity contribution is -0.147. The molecular weight excluding hydrogens is 498 g/mol. The van der Waals surface area contributed by atoms with Crippen molar-refractivity contribution in [3.63, 3.8) is 0 Å². The van der Waals surface area contributed by atoms with Crippen LogP contribution < -0.4 is 10.6 Å². The van der Waals surface area contributed by atoms with E-state index in [2.05, 4.69) is 24.5 Å². The van der Waals surface area contributed by atoms with Crippen LogP contribution in [0.15, 0.2) is 18.2 Å². The molecule has 3 atom stereocenters. The van der Waals surface area contributed by atoms with Crippen molar-refractivity contribution in [1.82, 2.24) is 15.5 Å². The van der Waals surface area contributed by atoms with Gasteiger partial charge in [0, 0.05) is 6.04 Å². The van der Waals surface area contributed by atoms with E-state index in [1.165, 1.54) is 7.11 Å². The monoisotopic (exact) mass is 547 g/mol. The zero-order valence-electron chi connectivity index (χ0n) is 25.6. The summed E-state index contributed by atoms with van der Waals surface area (Å²) in [5.74, 6) is -1.40. The van der Waals surface area contributed by atoms with Gasteiger partial charge in [-0.3, -0.25) is 14.4 Å². The van der Waals surface area contributed by atoms with Crippen LogP contribution in [-0.2, 0) is 23.9 Å². The minimum Gasteiger partial charge on any atom is -0.468 e. The Morgan fingerprint density at radius 1 is 0.974 bits per heavy atom. The third-order valence-electron chi connectivity index (χ3n) is 6.60. The number of rotatable bonds is 12. The van der Waals surface area contributed by atoms with E-state index in [1.807, 2.05) is 52.8 Å². The molecule has 1 aromatic carbocycles. The van der Waals surface area contributed by atoms with Gasteiger partial charge in [0.2, 0.25) is 11.8 Å². The molecule has 1 rings (SSSR count). The number of aryl methyl sites for hydroxylation is 1. The summed E-state index contributed by atoms with van der Waals surface area (Å²) in [5, 5.41) is 5.40. The first kappa shape index (κ1) is 33.9. The van der Waals surface area contributed by atoms with Crippen molar-refractivity contribution < 1.29 is 28.7 Å². The van der Waals surface area contributed by atoms with Gasteiger partial charge in [-0.15, -0.1) is 0 Å². The number of amides is 3. The molecule has 0 heterocycles. The standard InChI is InChI=1S/C30H49N3O6/c1-18(2)15-16-21(6)33(28(36)25(19(3)4)32-29(37)39-30(8,9)10)26(27(35)31-17-24(34)38-11)23-14-12-13-20(5)22(23)7/h12-14,18-19,21,25-26H,15-17H2,1-11H3,(H,31,35)(H,32,37). The topological polar surface area (TPSA) is 114 Å². The Morgan fingerprint density at radius 2 is 1.59 bits per heavy atom. The quantitative estimate of drug-likeness (QED) is 0.362. The van der Waals surface area contributed by atoms with Crippen LogP contribution in [0.25, 0.3) is 0 Å². The maximum absolute atomic E-state index is 14.4. The van der Waals surface area contributed by atoms with Crippen molar-refractivity contribution in [2.75, 3.05) is 13.7 Å². The molecule has 0 aliphatic heterocycles. The van der Waals surface area contributed by atoms with Crippen LogP contribution in [0.5, 0.6) is 0 Å². The van der Waals surface area contributed by atoms with E-state index in [1.54, 1.807) is 25.7 Å². The van der Waals surface area contributed by atoms with E-state index in [0.29, 0.717) is 17.9 Å². The molecule has 2 N–H and O–H groups in total. The fourth-order valence-corrected chi connectivity index (χ4v) is 4.24. The van der Waals surface area contributed by atoms with Crippen LogP contribution >= 0.6 is 0 Å². The molecule has 0 saturated heterocycles. The molecule has 0 aliphatic carbocycles. The summed E-state index contributed by atoms with van der Waals surface area (Å²) in [4.78, 5) is 54.3. The van der Waals surface area contributed by atoms with Crippen molar-refractivity contribution >= 4 is 23.9 Å². The largest absolute Gasteiger partial charge is 0.468 e. The normalized spacial score (nSPS) is 13.9. The second-order valence-electron chi connectivity index (χ2n) is 11.9. The molecule has 220 valence electrons. The first-order valence-corrected chi connectivity index (χ1v) is 13.7. The van der Waals surface area contributed by atoms with Crippen molar-refractivity contribution in [3.8, 4) is 0 Å². The van der Waals surface area contributed by atoms with E-state index < -0.39 is 41.6 Å². The number of nitrogens with one attached hydrogen (secondary N) is 2. The Kier molecular flexibility index (Phi) is 13.0. The number of methoxy groups -OCH3 is 1. The molecule has 0 fully saturated rings. The summed E-state index contributed by atoms with van der Waals surface area (Å²) in [6.07, 6.45) is 0.773. The van der Waals surface area contributed by atoms with E-state index in [-0.39, 0.29) is 18.5 Å². The maximum Gasteiger partial charge on any atom is 0.408 e. The van der Waals surface area contributed by atoms with Gasteiger partial charge in [-0.25, -0.2) is 4.79 Å². The molecule has 0 spiro atoms. The number of carbonyl (C=O) groups excluding carboxylic acids is 4. The Morgan fingerprint density at radius 3 is 2.10 bits per heavy atom. The fourth-order valence-electron chi connectivity index (χ4n) is 4.24. The van der Waals surface area contributed by atoms with Crippen molar-refractivity contribution in [2.24, 2.45) is 11.8 Å². The van der Waals surface area contributed by atoms with Crippen LogP contribution in [0.3, 0.4) is 0 Å². The Balaban J connectivity index is 3.69. The highest BCUT2D eigenvalue weighted by Crippen LogP contribution is 2.31. The number of ether oxygens (including phenoxy) is 2. The predicted octanol–water partition coefficient (Wildman–Crippen LogP) is 4.84. The first-order chi connectivity index (χ1) is 18.0. The van der Waals surface area contributed by atoms with Gasteiger partial charge >= 0.3 is 12.1 Å². The van der Waals surface area contributed by atoms with Crippen LogP contribution in [0.2, 0.25) is 0 Å². The summed E-state index contributed by atoms with van der Waals surface area (Å²) < 4.78 is 10.1. The number of alkyl carbamates (subject to hydrolysis) is 1. The Bertz CT molecular complexity index is 999. The van der Waals surface area contributed by atoms with Crippen LogP contribution in [0.4, 0.5) is 4.79 Å². The molecule has 0 aromatic heterocycles. The number of nitrogens with zero attached hydrogens (tertiary/aromatic N) is 1. The number of hydrogen-bond donors (Lipinski definition) is 2. The average molecular weight is 548 g/mol. The SMILES string of the molecule is COC(=O)CNC(=O)C(c1cccc(C)c1C)N(C(=O)C(NC(=O)OC(C)(C)C)C(C)C)C(C)CCC(C)C. The highest BCUT2D eigenvalue weighted by Gasteiger charge is 2.40. The second-order valence-corrected chi connectivity index (χ2v) is 11.9. The number of hydrogen-bond acceptors (Lipinski definition) is 6. The van der Waals surface area contributed by atoms with Crippen LogP contribution in [0, 0.1) is 25.7 Å². The van der Waals surface area contributed by atoms with Gasteiger partial charge in [-0.1, -0.05) is 45.9 Å². The molecule has 9 nitrogen and oxygen atoms in total. The van der Waals surface area contributed by atoms with E-state index in [0.717, 1.165) is 17.5 Å². The molecule has 39 heavy (non-hydrogen) atoms. The minimum absolute atomic E-state index is 0.290. The maximum atomic E-state index is 14.4. The Hall–Kier alpha value is -3.10. The fraction of sp³-hybridized carbons (Fsp3) is 0.667. The summed E-state index contributed by atoms with van der Waals surface area (Å²) in [5.41, 5.74) is 1.74. The minimum atomic E-state index is -1.04. The van der Waals surface area contributed by atoms with E-state index in [9.17, 15) is 19.2 Å².